The normalized spacial score (nSPS) is 11.1. The van der Waals surface area contributed by atoms with Gasteiger partial charge in [0.1, 0.15) is 0 Å². The van der Waals surface area contributed by atoms with Crippen LogP contribution in [0.1, 0.15) is 60.2 Å². The molecular weight excluding hydrogens is 376 g/mol. The molecule has 1 unspecified atom stereocenters. The Bertz CT molecular complexity index is 862. The first-order valence-corrected chi connectivity index (χ1v) is 9.56. The van der Waals surface area contributed by atoms with Gasteiger partial charge in [0.15, 0.2) is 0 Å². The number of esters is 2. The summed E-state index contributed by atoms with van der Waals surface area (Å²) in [6, 6.07) is 13.4. The molecule has 0 aliphatic heterocycles. The van der Waals surface area contributed by atoms with Crippen LogP contribution in [0.4, 0.5) is 0 Å². The number of rotatable bonds is 7. The highest BCUT2D eigenvalue weighted by Crippen LogP contribution is 2.27. The largest absolute Gasteiger partial charge is 0.466 e. The molecule has 0 heterocycles. The van der Waals surface area contributed by atoms with Crippen LogP contribution >= 0.6 is 11.6 Å². The van der Waals surface area contributed by atoms with Gasteiger partial charge in [0, 0.05) is 22.6 Å². The number of ether oxygens (including phenoxy) is 2. The number of hydrogen-bond donors (Lipinski definition) is 0. The third-order valence-electron chi connectivity index (χ3n) is 4.09. The van der Waals surface area contributed by atoms with Gasteiger partial charge in [-0.15, -0.1) is 0 Å². The molecule has 1 atom stereocenters. The molecule has 2 rings (SSSR count). The Kier molecular flexibility index (Phi) is 8.58. The predicted molar refractivity (Wildman–Crippen MR) is 109 cm³/mol. The fourth-order valence-corrected chi connectivity index (χ4v) is 2.76. The quantitative estimate of drug-likeness (QED) is 0.358. The van der Waals surface area contributed by atoms with Crippen molar-refractivity contribution in [3.05, 3.63) is 70.2 Å². The molecule has 146 valence electrons. The van der Waals surface area contributed by atoms with E-state index in [2.05, 4.69) is 18.8 Å². The van der Waals surface area contributed by atoms with Crippen molar-refractivity contribution in [3.8, 4) is 11.8 Å². The zero-order valence-corrected chi connectivity index (χ0v) is 16.8. The van der Waals surface area contributed by atoms with Gasteiger partial charge in [0.05, 0.1) is 12.7 Å². The van der Waals surface area contributed by atoms with Crippen LogP contribution in [0.5, 0.6) is 0 Å². The second-order valence-electron chi connectivity index (χ2n) is 6.17. The first-order valence-electron chi connectivity index (χ1n) is 9.19. The van der Waals surface area contributed by atoms with Gasteiger partial charge < -0.3 is 9.47 Å². The highest BCUT2D eigenvalue weighted by molar-refractivity contribution is 6.31. The van der Waals surface area contributed by atoms with Crippen LogP contribution in [0.3, 0.4) is 0 Å². The van der Waals surface area contributed by atoms with Gasteiger partial charge in [0.25, 0.3) is 0 Å². The van der Waals surface area contributed by atoms with Gasteiger partial charge in [-0.2, -0.15) is 0 Å². The molecule has 0 aliphatic carbocycles. The molecule has 28 heavy (non-hydrogen) atoms. The Morgan fingerprint density at radius 3 is 2.43 bits per heavy atom. The lowest BCUT2D eigenvalue weighted by Gasteiger charge is -2.17. The molecule has 0 aliphatic rings. The Balaban J connectivity index is 2.09. The van der Waals surface area contributed by atoms with Gasteiger partial charge in [-0.05, 0) is 36.8 Å². The summed E-state index contributed by atoms with van der Waals surface area (Å²) in [5.41, 5.74) is 1.51. The van der Waals surface area contributed by atoms with Gasteiger partial charge >= 0.3 is 11.9 Å². The van der Waals surface area contributed by atoms with E-state index >= 15 is 0 Å². The third-order valence-corrected chi connectivity index (χ3v) is 4.43. The minimum atomic E-state index is -1.23. The zero-order valence-electron chi connectivity index (χ0n) is 16.0. The van der Waals surface area contributed by atoms with Crippen molar-refractivity contribution in [1.29, 1.82) is 0 Å². The Hall–Kier alpha value is -2.77. The molecule has 0 radical (unpaired) electrons. The molecule has 0 N–H and O–H groups in total. The smallest absolute Gasteiger partial charge is 0.352 e. The van der Waals surface area contributed by atoms with E-state index in [1.165, 1.54) is 20.0 Å². The second kappa shape index (κ2) is 11.2. The molecule has 2 aromatic rings. The van der Waals surface area contributed by atoms with Crippen LogP contribution in [0.15, 0.2) is 48.5 Å². The van der Waals surface area contributed by atoms with Crippen molar-refractivity contribution >= 4 is 23.5 Å². The van der Waals surface area contributed by atoms with Crippen LogP contribution in [0, 0.1) is 11.8 Å². The highest BCUT2D eigenvalue weighted by atomic mass is 35.5. The van der Waals surface area contributed by atoms with Crippen molar-refractivity contribution in [2.24, 2.45) is 0 Å². The molecule has 0 fully saturated rings. The zero-order chi connectivity index (χ0) is 20.4. The monoisotopic (exact) mass is 398 g/mol. The van der Waals surface area contributed by atoms with E-state index in [1.54, 1.807) is 48.5 Å². The third kappa shape index (κ3) is 6.14. The Labute approximate surface area is 170 Å². The standard InChI is InChI=1S/C23H23ClO4/c1-3-4-5-6-7-10-17-13-15-18(16-14-17)22(25)28-21(23(26)27-2)19-11-8-9-12-20(19)24/h8-9,11-16,21H,3-6H2,1-2H3. The summed E-state index contributed by atoms with van der Waals surface area (Å²) in [4.78, 5) is 24.6. The molecule has 0 aromatic heterocycles. The molecule has 0 bridgehead atoms. The number of methoxy groups -OCH3 is 1. The minimum Gasteiger partial charge on any atom is -0.466 e. The predicted octanol–water partition coefficient (Wildman–Crippen LogP) is 5.34. The summed E-state index contributed by atoms with van der Waals surface area (Å²) in [6.07, 6.45) is 3.05. The van der Waals surface area contributed by atoms with Gasteiger partial charge in [0.2, 0.25) is 6.10 Å². The number of hydrogen-bond acceptors (Lipinski definition) is 4. The maximum Gasteiger partial charge on any atom is 0.352 e. The van der Waals surface area contributed by atoms with Gasteiger partial charge in [-0.25, -0.2) is 9.59 Å². The topological polar surface area (TPSA) is 52.6 Å². The molecule has 0 saturated heterocycles. The fourth-order valence-electron chi connectivity index (χ4n) is 2.53. The first-order chi connectivity index (χ1) is 13.6. The maximum atomic E-state index is 12.5. The number of benzene rings is 2. The summed E-state index contributed by atoms with van der Waals surface area (Å²) in [7, 11) is 1.23. The van der Waals surface area contributed by atoms with Crippen molar-refractivity contribution in [3.63, 3.8) is 0 Å². The summed E-state index contributed by atoms with van der Waals surface area (Å²) < 4.78 is 10.1. The first kappa shape index (κ1) is 21.5. The van der Waals surface area contributed by atoms with E-state index in [0.717, 1.165) is 18.4 Å². The van der Waals surface area contributed by atoms with Crippen molar-refractivity contribution in [1.82, 2.24) is 0 Å². The molecular formula is C23H23ClO4. The van der Waals surface area contributed by atoms with E-state index in [4.69, 9.17) is 21.1 Å². The van der Waals surface area contributed by atoms with E-state index < -0.39 is 18.0 Å². The van der Waals surface area contributed by atoms with Gasteiger partial charge in [-0.3, -0.25) is 0 Å². The number of carbonyl (C=O) groups is 2. The van der Waals surface area contributed by atoms with Crippen LogP contribution in [0.2, 0.25) is 5.02 Å². The van der Waals surface area contributed by atoms with Crippen molar-refractivity contribution in [2.45, 2.75) is 38.7 Å². The average Bonchev–Trinajstić information content (AvgIpc) is 2.72. The van der Waals surface area contributed by atoms with Crippen LogP contribution < -0.4 is 0 Å². The fraction of sp³-hybridized carbons (Fsp3) is 0.304. The SMILES string of the molecule is CCCCCC#Cc1ccc(C(=O)OC(C(=O)OC)c2ccccc2Cl)cc1. The van der Waals surface area contributed by atoms with E-state index in [-0.39, 0.29) is 0 Å². The van der Waals surface area contributed by atoms with E-state index in [9.17, 15) is 9.59 Å². The lowest BCUT2D eigenvalue weighted by atomic mass is 10.1. The summed E-state index contributed by atoms with van der Waals surface area (Å²) in [5.74, 6) is 4.86. The van der Waals surface area contributed by atoms with E-state index in [0.29, 0.717) is 16.1 Å². The Morgan fingerprint density at radius 2 is 1.79 bits per heavy atom. The summed E-state index contributed by atoms with van der Waals surface area (Å²) in [5, 5.41) is 0.319. The second-order valence-corrected chi connectivity index (χ2v) is 6.57. The van der Waals surface area contributed by atoms with Crippen LogP contribution in [-0.2, 0) is 14.3 Å². The molecule has 0 amide bonds. The lowest BCUT2D eigenvalue weighted by molar-refractivity contribution is -0.151. The van der Waals surface area contributed by atoms with Crippen LogP contribution in [-0.4, -0.2) is 19.0 Å². The molecule has 5 heteroatoms. The number of halogens is 1. The number of carbonyl (C=O) groups excluding carboxylic acids is 2. The average molecular weight is 399 g/mol. The van der Waals surface area contributed by atoms with E-state index in [1.807, 2.05) is 0 Å². The summed E-state index contributed by atoms with van der Waals surface area (Å²) >= 11 is 6.14. The minimum absolute atomic E-state index is 0.317. The maximum absolute atomic E-state index is 12.5. The summed E-state index contributed by atoms with van der Waals surface area (Å²) in [6.45, 7) is 2.15. The van der Waals surface area contributed by atoms with Crippen LogP contribution in [0.25, 0.3) is 0 Å². The lowest BCUT2D eigenvalue weighted by Crippen LogP contribution is -2.21. The van der Waals surface area contributed by atoms with Crippen molar-refractivity contribution < 1.29 is 19.1 Å². The number of unbranched alkanes of at least 4 members (excludes halogenated alkanes) is 3. The highest BCUT2D eigenvalue weighted by Gasteiger charge is 2.28. The molecule has 2 aromatic carbocycles. The molecule has 4 nitrogen and oxygen atoms in total. The molecule has 0 spiro atoms. The van der Waals surface area contributed by atoms with Crippen molar-refractivity contribution in [2.75, 3.05) is 7.11 Å². The van der Waals surface area contributed by atoms with Gasteiger partial charge in [-0.1, -0.05) is 61.4 Å². The molecule has 0 saturated carbocycles. The Morgan fingerprint density at radius 1 is 1.07 bits per heavy atom.